The Kier molecular flexibility index (Phi) is 8.66. The third-order valence-corrected chi connectivity index (χ3v) is 8.56. The maximum atomic E-state index is 12.4. The summed E-state index contributed by atoms with van der Waals surface area (Å²) >= 11 is 6.30. The second kappa shape index (κ2) is 11.7. The van der Waals surface area contributed by atoms with Crippen LogP contribution < -0.4 is 9.46 Å². The number of fused-ring (bicyclic) bond motifs is 1. The molecule has 0 bridgehead atoms. The summed E-state index contributed by atoms with van der Waals surface area (Å²) in [5, 5.41) is 6.50. The van der Waals surface area contributed by atoms with Crippen LogP contribution in [-0.4, -0.2) is 41.5 Å². The zero-order chi connectivity index (χ0) is 29.4. The van der Waals surface area contributed by atoms with Gasteiger partial charge in [-0.15, -0.1) is 0 Å². The average molecular weight is 585 g/mol. The minimum Gasteiger partial charge on any atom is -0.494 e. The number of sulfonamides is 1. The van der Waals surface area contributed by atoms with Gasteiger partial charge in [0.05, 0.1) is 24.1 Å². The summed E-state index contributed by atoms with van der Waals surface area (Å²) in [6.07, 6.45) is 2.60. The second-order valence-corrected chi connectivity index (χ2v) is 12.6. The van der Waals surface area contributed by atoms with Crippen LogP contribution in [0.2, 0.25) is 5.02 Å². The molecule has 8 nitrogen and oxygen atoms in total. The molecule has 4 rings (SSSR count). The van der Waals surface area contributed by atoms with Gasteiger partial charge in [-0.25, -0.2) is 8.42 Å². The maximum Gasteiger partial charge on any atom is 0.235 e. The zero-order valence-corrected chi connectivity index (χ0v) is 25.8. The fourth-order valence-corrected chi connectivity index (χ4v) is 6.09. The third kappa shape index (κ3) is 6.20. The number of para-hydroxylation sites is 1. The van der Waals surface area contributed by atoms with Crippen LogP contribution in [-0.2, 0) is 34.8 Å². The van der Waals surface area contributed by atoms with Crippen molar-refractivity contribution in [3.05, 3.63) is 69.1 Å². The fraction of sp³-hybridized carbons (Fsp3) is 0.400. The summed E-state index contributed by atoms with van der Waals surface area (Å²) in [6.45, 7) is 10.9. The van der Waals surface area contributed by atoms with Gasteiger partial charge in [0.25, 0.3) is 0 Å². The smallest absolute Gasteiger partial charge is 0.235 e. The molecule has 0 saturated carbocycles. The molecule has 0 aliphatic heterocycles. The molecule has 0 aliphatic rings. The first kappa shape index (κ1) is 29.7. The molecular formula is C30H37ClN4O4S. The van der Waals surface area contributed by atoms with Gasteiger partial charge in [0.1, 0.15) is 5.75 Å². The third-order valence-electron chi connectivity index (χ3n) is 7.36. The van der Waals surface area contributed by atoms with Crippen molar-refractivity contribution in [3.63, 3.8) is 0 Å². The van der Waals surface area contributed by atoms with Crippen molar-refractivity contribution in [3.8, 4) is 16.9 Å². The van der Waals surface area contributed by atoms with E-state index in [0.717, 1.165) is 80.1 Å². The summed E-state index contributed by atoms with van der Waals surface area (Å²) in [7, 11) is -1.69. The highest BCUT2D eigenvalue weighted by Gasteiger charge is 2.22. The summed E-state index contributed by atoms with van der Waals surface area (Å²) in [6, 6.07) is 10.2. The minimum atomic E-state index is -3.62. The highest BCUT2D eigenvalue weighted by molar-refractivity contribution is 7.89. The van der Waals surface area contributed by atoms with Crippen LogP contribution in [0.1, 0.15) is 46.6 Å². The lowest BCUT2D eigenvalue weighted by atomic mass is 9.98. The van der Waals surface area contributed by atoms with E-state index in [1.54, 1.807) is 0 Å². The van der Waals surface area contributed by atoms with E-state index in [2.05, 4.69) is 39.5 Å². The van der Waals surface area contributed by atoms with Gasteiger partial charge in [0.2, 0.25) is 15.9 Å². The van der Waals surface area contributed by atoms with Crippen LogP contribution >= 0.6 is 11.6 Å². The molecule has 2 heterocycles. The van der Waals surface area contributed by atoms with E-state index in [1.165, 1.54) is 5.56 Å². The molecule has 2 aromatic heterocycles. The van der Waals surface area contributed by atoms with E-state index in [0.29, 0.717) is 13.2 Å². The monoisotopic (exact) mass is 584 g/mol. The van der Waals surface area contributed by atoms with E-state index < -0.39 is 15.9 Å². The number of carbonyl (C=O) groups is 1. The number of carbonyl (C=O) groups excluding carboxylic acids is 1. The molecule has 2 aromatic carbocycles. The number of aryl methyl sites for hydroxylation is 6. The summed E-state index contributed by atoms with van der Waals surface area (Å²) in [5.41, 5.74) is 9.32. The Morgan fingerprint density at radius 2 is 1.75 bits per heavy atom. The van der Waals surface area contributed by atoms with Crippen LogP contribution in [0, 0.1) is 34.6 Å². The number of aromatic nitrogens is 3. The Morgan fingerprint density at radius 3 is 2.35 bits per heavy atom. The number of amides is 1. The largest absolute Gasteiger partial charge is 0.494 e. The molecule has 10 heteroatoms. The first-order valence-electron chi connectivity index (χ1n) is 13.3. The van der Waals surface area contributed by atoms with E-state index in [1.807, 2.05) is 51.6 Å². The predicted octanol–water partition coefficient (Wildman–Crippen LogP) is 5.71. The summed E-state index contributed by atoms with van der Waals surface area (Å²) < 4.78 is 35.3. The molecule has 0 aliphatic carbocycles. The Labute approximate surface area is 241 Å². The van der Waals surface area contributed by atoms with Gasteiger partial charge in [-0.05, 0) is 76.3 Å². The van der Waals surface area contributed by atoms with Crippen molar-refractivity contribution in [1.29, 1.82) is 0 Å². The Bertz CT molecular complexity index is 1680. The van der Waals surface area contributed by atoms with E-state index in [-0.39, 0.29) is 6.42 Å². The zero-order valence-electron chi connectivity index (χ0n) is 24.2. The number of hydrogen-bond acceptors (Lipinski definition) is 5. The lowest BCUT2D eigenvalue weighted by Crippen LogP contribution is -2.30. The quantitative estimate of drug-likeness (QED) is 0.241. The molecular weight excluding hydrogens is 548 g/mol. The van der Waals surface area contributed by atoms with Crippen LogP contribution in [0.15, 0.2) is 30.3 Å². The molecule has 0 unspecified atom stereocenters. The minimum absolute atomic E-state index is 0.0366. The topological polar surface area (TPSA) is 95.2 Å². The van der Waals surface area contributed by atoms with Crippen LogP contribution in [0.5, 0.6) is 5.75 Å². The molecule has 0 spiro atoms. The van der Waals surface area contributed by atoms with Crippen molar-refractivity contribution < 1.29 is 17.9 Å². The SMILES string of the molecule is Cc1cc(OCCCc2c(C)n(CCC(=O)NS(C)(=O)=O)c3c(-c4c(C)nn(C)c4C)cccc23)cc(C)c1Cl. The van der Waals surface area contributed by atoms with Crippen molar-refractivity contribution >= 4 is 38.4 Å². The summed E-state index contributed by atoms with van der Waals surface area (Å²) in [5.74, 6) is 0.277. The number of benzene rings is 2. The van der Waals surface area contributed by atoms with Crippen LogP contribution in [0.4, 0.5) is 0 Å². The molecule has 0 fully saturated rings. The lowest BCUT2D eigenvalue weighted by molar-refractivity contribution is -0.119. The van der Waals surface area contributed by atoms with Crippen LogP contribution in [0.3, 0.4) is 0 Å². The van der Waals surface area contributed by atoms with Gasteiger partial charge < -0.3 is 9.30 Å². The van der Waals surface area contributed by atoms with E-state index in [9.17, 15) is 13.2 Å². The molecule has 1 amide bonds. The number of ether oxygens (including phenoxy) is 1. The van der Waals surface area contributed by atoms with Gasteiger partial charge in [0, 0.05) is 52.9 Å². The number of nitrogens with one attached hydrogen (secondary N) is 1. The maximum absolute atomic E-state index is 12.4. The number of rotatable bonds is 10. The Balaban J connectivity index is 1.68. The average Bonchev–Trinajstić information content (AvgIpc) is 3.28. The van der Waals surface area contributed by atoms with Gasteiger partial charge in [-0.2, -0.15) is 5.10 Å². The van der Waals surface area contributed by atoms with Gasteiger partial charge >= 0.3 is 0 Å². The standard InChI is InChI=1S/C30H37ClN4O4S/c1-18-16-23(17-19(2)29(18)31)39-15-9-12-24-21(4)35(14-13-27(36)33-40(7,37)38)30-25(24)10-8-11-26(30)28-20(3)32-34(6)22(28)5/h8,10-11,16-17H,9,12-15H2,1-7H3,(H,33,36). The normalized spacial score (nSPS) is 11.8. The van der Waals surface area contributed by atoms with Crippen molar-refractivity contribution in [1.82, 2.24) is 19.1 Å². The molecule has 1 N–H and O–H groups in total. The Hall–Kier alpha value is -3.30. The molecule has 0 radical (unpaired) electrons. The van der Waals surface area contributed by atoms with Gasteiger partial charge in [-0.3, -0.25) is 14.2 Å². The first-order chi connectivity index (χ1) is 18.8. The summed E-state index contributed by atoms with van der Waals surface area (Å²) in [4.78, 5) is 12.4. The number of hydrogen-bond donors (Lipinski definition) is 1. The lowest BCUT2D eigenvalue weighted by Gasteiger charge is -2.12. The molecule has 214 valence electrons. The predicted molar refractivity (Wildman–Crippen MR) is 161 cm³/mol. The first-order valence-corrected chi connectivity index (χ1v) is 15.6. The second-order valence-electron chi connectivity index (χ2n) is 10.5. The van der Waals surface area contributed by atoms with Crippen LogP contribution in [0.25, 0.3) is 22.0 Å². The fourth-order valence-electron chi connectivity index (χ4n) is 5.46. The molecule has 4 aromatic rings. The van der Waals surface area contributed by atoms with Crippen molar-refractivity contribution in [2.45, 2.75) is 60.4 Å². The van der Waals surface area contributed by atoms with E-state index >= 15 is 0 Å². The highest BCUT2D eigenvalue weighted by atomic mass is 35.5. The van der Waals surface area contributed by atoms with Crippen molar-refractivity contribution in [2.75, 3.05) is 12.9 Å². The molecule has 40 heavy (non-hydrogen) atoms. The highest BCUT2D eigenvalue weighted by Crippen LogP contribution is 2.37. The van der Waals surface area contributed by atoms with Gasteiger partial charge in [-0.1, -0.05) is 29.8 Å². The molecule has 0 saturated heterocycles. The van der Waals surface area contributed by atoms with Crippen molar-refractivity contribution in [2.24, 2.45) is 7.05 Å². The van der Waals surface area contributed by atoms with Gasteiger partial charge in [0.15, 0.2) is 0 Å². The number of halogens is 1. The Morgan fingerprint density at radius 1 is 1.07 bits per heavy atom. The molecule has 0 atom stereocenters. The van der Waals surface area contributed by atoms with E-state index in [4.69, 9.17) is 16.3 Å². The number of nitrogens with zero attached hydrogens (tertiary/aromatic N) is 3.